The van der Waals surface area contributed by atoms with E-state index in [0.717, 1.165) is 11.3 Å². The van der Waals surface area contributed by atoms with Crippen molar-refractivity contribution in [1.82, 2.24) is 4.98 Å². The van der Waals surface area contributed by atoms with Gasteiger partial charge in [0, 0.05) is 10.9 Å². The van der Waals surface area contributed by atoms with Gasteiger partial charge in [0.25, 0.3) is 5.91 Å². The molecule has 0 aliphatic carbocycles. The van der Waals surface area contributed by atoms with E-state index < -0.39 is 15.7 Å². The van der Waals surface area contributed by atoms with Gasteiger partial charge in [0.1, 0.15) is 11.5 Å². The normalized spacial score (nSPS) is 11.4. The molecule has 0 fully saturated rings. The molecule has 0 aliphatic rings. The monoisotopic (exact) mass is 452 g/mol. The summed E-state index contributed by atoms with van der Waals surface area (Å²) < 4.78 is 30.5. The molecule has 0 aliphatic heterocycles. The summed E-state index contributed by atoms with van der Waals surface area (Å²) in [5.41, 5.74) is 4.13. The van der Waals surface area contributed by atoms with E-state index in [1.54, 1.807) is 18.2 Å². The lowest BCUT2D eigenvalue weighted by Crippen LogP contribution is -2.10. The number of rotatable bonds is 6. The van der Waals surface area contributed by atoms with Crippen LogP contribution in [0.1, 0.15) is 27.4 Å². The Hall–Kier alpha value is -3.23. The van der Waals surface area contributed by atoms with Crippen LogP contribution < -0.4 is 5.32 Å². The largest absolute Gasteiger partial charge is 0.455 e. The minimum atomic E-state index is -3.55. The van der Waals surface area contributed by atoms with E-state index in [9.17, 15) is 13.2 Å². The number of aromatic nitrogens is 1. The van der Waals surface area contributed by atoms with Gasteiger partial charge in [0.2, 0.25) is 0 Å². The first-order valence-corrected chi connectivity index (χ1v) is 12.1. The van der Waals surface area contributed by atoms with Gasteiger partial charge in [-0.25, -0.2) is 13.4 Å². The van der Waals surface area contributed by atoms with Gasteiger partial charge in [-0.15, -0.1) is 11.3 Å². The van der Waals surface area contributed by atoms with E-state index in [-0.39, 0.29) is 22.2 Å². The molecule has 0 bridgehead atoms. The Kier molecular flexibility index (Phi) is 5.75. The predicted octanol–water partition coefficient (Wildman–Crippen LogP) is 5.25. The van der Waals surface area contributed by atoms with Gasteiger partial charge in [-0.05, 0) is 55.3 Å². The zero-order valence-electron chi connectivity index (χ0n) is 17.0. The highest BCUT2D eigenvalue weighted by Crippen LogP contribution is 2.27. The van der Waals surface area contributed by atoms with Crippen LogP contribution in [-0.4, -0.2) is 19.3 Å². The van der Waals surface area contributed by atoms with Crippen molar-refractivity contribution in [1.29, 1.82) is 0 Å². The first-order chi connectivity index (χ1) is 14.8. The number of anilines is 1. The molecule has 2 aromatic carbocycles. The van der Waals surface area contributed by atoms with E-state index in [1.165, 1.54) is 46.7 Å². The van der Waals surface area contributed by atoms with Crippen LogP contribution in [0.25, 0.3) is 11.3 Å². The maximum atomic E-state index is 12.5. The molecule has 8 heteroatoms. The quantitative estimate of drug-likeness (QED) is 0.432. The number of benzene rings is 2. The minimum Gasteiger partial charge on any atom is -0.455 e. The van der Waals surface area contributed by atoms with Crippen LogP contribution in [0, 0.1) is 13.8 Å². The number of hydrogen-bond donors (Lipinski definition) is 1. The van der Waals surface area contributed by atoms with Crippen LogP contribution in [0.15, 0.2) is 75.4 Å². The Balaban J connectivity index is 1.45. The van der Waals surface area contributed by atoms with Crippen molar-refractivity contribution >= 4 is 32.2 Å². The molecule has 0 saturated heterocycles. The number of hydrogen-bond acceptors (Lipinski definition) is 6. The molecule has 2 heterocycles. The van der Waals surface area contributed by atoms with Gasteiger partial charge < -0.3 is 4.42 Å². The van der Waals surface area contributed by atoms with E-state index in [1.807, 2.05) is 24.4 Å². The number of carbonyl (C=O) groups is 1. The Bertz CT molecular complexity index is 1340. The fourth-order valence-corrected chi connectivity index (χ4v) is 4.98. The molecule has 158 valence electrons. The van der Waals surface area contributed by atoms with Crippen LogP contribution in [0.3, 0.4) is 0 Å². The third-order valence-electron chi connectivity index (χ3n) is 4.85. The number of amides is 1. The second-order valence-electron chi connectivity index (χ2n) is 7.13. The summed E-state index contributed by atoms with van der Waals surface area (Å²) in [5, 5.41) is 5.02. The molecule has 0 radical (unpaired) electrons. The second-order valence-corrected chi connectivity index (χ2v) is 9.98. The smallest absolute Gasteiger partial charge is 0.293 e. The third kappa shape index (κ3) is 4.76. The first kappa shape index (κ1) is 21.0. The highest BCUT2D eigenvalue weighted by atomic mass is 32.2. The van der Waals surface area contributed by atoms with E-state index in [2.05, 4.69) is 23.3 Å². The fraction of sp³-hybridized carbons (Fsp3) is 0.130. The average molecular weight is 453 g/mol. The molecule has 1 N–H and O–H groups in total. The maximum Gasteiger partial charge on any atom is 0.293 e. The van der Waals surface area contributed by atoms with Crippen molar-refractivity contribution in [3.05, 3.63) is 88.7 Å². The molecule has 0 unspecified atom stereocenters. The summed E-state index contributed by atoms with van der Waals surface area (Å²) in [5.74, 6) is -0.576. The topological polar surface area (TPSA) is 89.3 Å². The van der Waals surface area contributed by atoms with Crippen molar-refractivity contribution in [2.45, 2.75) is 24.5 Å². The average Bonchev–Trinajstić information content (AvgIpc) is 3.40. The third-order valence-corrected chi connectivity index (χ3v) is 7.26. The number of aryl methyl sites for hydroxylation is 2. The lowest BCUT2D eigenvalue weighted by Gasteiger charge is -2.03. The van der Waals surface area contributed by atoms with Crippen molar-refractivity contribution in [3.63, 3.8) is 0 Å². The van der Waals surface area contributed by atoms with E-state index in [0.29, 0.717) is 5.13 Å². The number of sulfone groups is 1. The molecule has 4 aromatic rings. The molecule has 31 heavy (non-hydrogen) atoms. The summed E-state index contributed by atoms with van der Waals surface area (Å²) in [4.78, 5) is 17.2. The number of furan rings is 1. The summed E-state index contributed by atoms with van der Waals surface area (Å²) in [6, 6.07) is 17.2. The van der Waals surface area contributed by atoms with Crippen LogP contribution >= 0.6 is 11.3 Å². The maximum absolute atomic E-state index is 12.5. The Morgan fingerprint density at radius 3 is 2.55 bits per heavy atom. The second kappa shape index (κ2) is 8.49. The van der Waals surface area contributed by atoms with Crippen LogP contribution in [0.4, 0.5) is 5.13 Å². The molecular formula is C23H20N2O4S2. The van der Waals surface area contributed by atoms with Crippen molar-refractivity contribution in [3.8, 4) is 11.3 Å². The van der Waals surface area contributed by atoms with Crippen molar-refractivity contribution in [2.24, 2.45) is 0 Å². The standard InChI is InChI=1S/C23H20N2O4S2/c1-15-8-9-17(12-16(15)2)20-13-30-23(24-20)25-22(26)21-11-10-18(29-21)14-31(27,28)19-6-4-3-5-7-19/h3-13H,14H2,1-2H3,(H,24,25,26). The lowest BCUT2D eigenvalue weighted by molar-refractivity contribution is 0.0995. The molecule has 2 aromatic heterocycles. The SMILES string of the molecule is Cc1ccc(-c2csc(NC(=O)c3ccc(CS(=O)(=O)c4ccccc4)o3)n2)cc1C. The number of nitrogens with zero attached hydrogens (tertiary/aromatic N) is 1. The summed E-state index contributed by atoms with van der Waals surface area (Å²) in [6.45, 7) is 4.09. The summed E-state index contributed by atoms with van der Waals surface area (Å²) >= 11 is 1.31. The van der Waals surface area contributed by atoms with Gasteiger partial charge in [-0.3, -0.25) is 10.1 Å². The van der Waals surface area contributed by atoms with Gasteiger partial charge >= 0.3 is 0 Å². The van der Waals surface area contributed by atoms with E-state index in [4.69, 9.17) is 4.42 Å². The molecule has 0 saturated carbocycles. The minimum absolute atomic E-state index is 0.0289. The van der Waals surface area contributed by atoms with Gasteiger partial charge in [0.15, 0.2) is 20.7 Å². The summed E-state index contributed by atoms with van der Waals surface area (Å²) in [6.07, 6.45) is 0. The van der Waals surface area contributed by atoms with Gasteiger partial charge in [-0.2, -0.15) is 0 Å². The Morgan fingerprint density at radius 1 is 1.03 bits per heavy atom. The molecule has 4 rings (SSSR count). The molecule has 6 nitrogen and oxygen atoms in total. The van der Waals surface area contributed by atoms with Gasteiger partial charge in [0.05, 0.1) is 10.6 Å². The first-order valence-electron chi connectivity index (χ1n) is 9.53. The lowest BCUT2D eigenvalue weighted by atomic mass is 10.1. The highest BCUT2D eigenvalue weighted by Gasteiger charge is 2.20. The molecular weight excluding hydrogens is 432 g/mol. The van der Waals surface area contributed by atoms with Crippen LogP contribution in [-0.2, 0) is 15.6 Å². The Labute approximate surface area is 184 Å². The zero-order chi connectivity index (χ0) is 22.0. The highest BCUT2D eigenvalue weighted by molar-refractivity contribution is 7.90. The number of nitrogens with one attached hydrogen (secondary N) is 1. The molecule has 0 atom stereocenters. The fourth-order valence-electron chi connectivity index (χ4n) is 3.00. The number of thiazole rings is 1. The van der Waals surface area contributed by atoms with Crippen molar-refractivity contribution < 1.29 is 17.6 Å². The Morgan fingerprint density at radius 2 is 1.81 bits per heavy atom. The van der Waals surface area contributed by atoms with E-state index >= 15 is 0 Å². The number of carbonyl (C=O) groups excluding carboxylic acids is 1. The van der Waals surface area contributed by atoms with Gasteiger partial charge in [-0.1, -0.05) is 30.3 Å². The van der Waals surface area contributed by atoms with Crippen LogP contribution in [0.2, 0.25) is 0 Å². The van der Waals surface area contributed by atoms with Crippen molar-refractivity contribution in [2.75, 3.05) is 5.32 Å². The molecule has 0 spiro atoms. The molecule has 1 amide bonds. The van der Waals surface area contributed by atoms with Crippen LogP contribution in [0.5, 0.6) is 0 Å². The zero-order valence-corrected chi connectivity index (χ0v) is 18.6. The summed E-state index contributed by atoms with van der Waals surface area (Å²) in [7, 11) is -3.55. The predicted molar refractivity (Wildman–Crippen MR) is 121 cm³/mol.